The highest BCUT2D eigenvalue weighted by atomic mass is 35.5. The Kier molecular flexibility index (Phi) is 3.84. The summed E-state index contributed by atoms with van der Waals surface area (Å²) in [6, 6.07) is 7.47. The normalized spacial score (nSPS) is 12.1. The molecule has 0 aliphatic carbocycles. The lowest BCUT2D eigenvalue weighted by atomic mass is 10.1. The molecule has 0 saturated carbocycles. The molecular weight excluding hydrogens is 341 g/mol. The second-order valence-corrected chi connectivity index (χ2v) is 7.20. The average molecular weight is 355 g/mol. The Bertz CT molecular complexity index is 843. The van der Waals surface area contributed by atoms with Gasteiger partial charge >= 0.3 is 0 Å². The Balaban J connectivity index is 2.44. The Hall–Kier alpha value is -1.29. The van der Waals surface area contributed by atoms with Crippen molar-refractivity contribution in [1.82, 2.24) is 14.5 Å². The van der Waals surface area contributed by atoms with Gasteiger partial charge in [-0.05, 0) is 50.6 Å². The zero-order valence-corrected chi connectivity index (χ0v) is 14.6. The molecule has 0 N–H and O–H groups in total. The predicted molar refractivity (Wildman–Crippen MR) is 93.0 cm³/mol. The van der Waals surface area contributed by atoms with Gasteiger partial charge in [0, 0.05) is 22.7 Å². The molecule has 0 unspecified atom stereocenters. The Morgan fingerprint density at radius 2 is 1.68 bits per heavy atom. The van der Waals surface area contributed by atoms with Crippen molar-refractivity contribution in [3.05, 3.63) is 45.8 Å². The fraction of sp³-hybridized carbons (Fsp3) is 0.250. The number of aromatic nitrogens is 3. The van der Waals surface area contributed by atoms with Crippen LogP contribution in [0.15, 0.2) is 30.5 Å². The summed E-state index contributed by atoms with van der Waals surface area (Å²) in [5.41, 5.74) is 2.22. The van der Waals surface area contributed by atoms with Crippen LogP contribution in [0.1, 0.15) is 20.8 Å². The van der Waals surface area contributed by atoms with Crippen LogP contribution >= 0.6 is 34.8 Å². The van der Waals surface area contributed by atoms with Gasteiger partial charge in [0.25, 0.3) is 0 Å². The topological polar surface area (TPSA) is 30.7 Å². The highest BCUT2D eigenvalue weighted by molar-refractivity contribution is 6.39. The standard InChI is InChI=1S/C16H14Cl3N3/c1-16(2,3)22-12(13-10(17)5-4-6-11(13)18)7-9-8-20-15(19)21-14(9)22/h4-8H,1-3H3. The van der Waals surface area contributed by atoms with E-state index in [-0.39, 0.29) is 10.8 Å². The molecule has 3 rings (SSSR count). The molecule has 0 spiro atoms. The minimum Gasteiger partial charge on any atom is -0.320 e. The van der Waals surface area contributed by atoms with E-state index >= 15 is 0 Å². The zero-order valence-electron chi connectivity index (χ0n) is 12.4. The van der Waals surface area contributed by atoms with Crippen LogP contribution in [0, 0.1) is 0 Å². The van der Waals surface area contributed by atoms with Gasteiger partial charge in [0.15, 0.2) is 0 Å². The SMILES string of the molecule is CC(C)(C)n1c(-c2c(Cl)cccc2Cl)cc2cnc(Cl)nc21. The first-order valence-electron chi connectivity index (χ1n) is 6.78. The fourth-order valence-corrected chi connectivity index (χ4v) is 3.29. The van der Waals surface area contributed by atoms with Crippen molar-refractivity contribution in [2.45, 2.75) is 26.3 Å². The van der Waals surface area contributed by atoms with E-state index in [1.165, 1.54) is 0 Å². The largest absolute Gasteiger partial charge is 0.320 e. The molecule has 1 aromatic carbocycles. The van der Waals surface area contributed by atoms with Crippen molar-refractivity contribution in [1.29, 1.82) is 0 Å². The molecular formula is C16H14Cl3N3. The summed E-state index contributed by atoms with van der Waals surface area (Å²) < 4.78 is 2.09. The first-order chi connectivity index (χ1) is 10.3. The van der Waals surface area contributed by atoms with Crippen molar-refractivity contribution in [2.75, 3.05) is 0 Å². The molecule has 3 aromatic rings. The molecule has 0 aliphatic heterocycles. The molecule has 22 heavy (non-hydrogen) atoms. The second-order valence-electron chi connectivity index (χ2n) is 6.05. The van der Waals surface area contributed by atoms with Gasteiger partial charge in [-0.3, -0.25) is 0 Å². The van der Waals surface area contributed by atoms with Crippen LogP contribution in [0.2, 0.25) is 15.3 Å². The third-order valence-corrected chi connectivity index (χ3v) is 4.21. The lowest BCUT2D eigenvalue weighted by molar-refractivity contribution is 0.413. The smallest absolute Gasteiger partial charge is 0.224 e. The highest BCUT2D eigenvalue weighted by Gasteiger charge is 2.24. The summed E-state index contributed by atoms with van der Waals surface area (Å²) in [4.78, 5) is 8.44. The molecule has 3 nitrogen and oxygen atoms in total. The van der Waals surface area contributed by atoms with Gasteiger partial charge < -0.3 is 4.57 Å². The number of nitrogens with zero attached hydrogens (tertiary/aromatic N) is 3. The van der Waals surface area contributed by atoms with Gasteiger partial charge in [0.05, 0.1) is 15.7 Å². The number of rotatable bonds is 1. The van der Waals surface area contributed by atoms with E-state index in [0.29, 0.717) is 10.0 Å². The summed E-state index contributed by atoms with van der Waals surface area (Å²) in [6.07, 6.45) is 1.71. The molecule has 0 fully saturated rings. The Labute approximate surface area is 143 Å². The van der Waals surface area contributed by atoms with Crippen LogP contribution in [0.25, 0.3) is 22.3 Å². The third kappa shape index (κ3) is 2.58. The monoisotopic (exact) mass is 353 g/mol. The van der Waals surface area contributed by atoms with E-state index in [4.69, 9.17) is 34.8 Å². The van der Waals surface area contributed by atoms with E-state index < -0.39 is 0 Å². The van der Waals surface area contributed by atoms with Crippen molar-refractivity contribution in [3.63, 3.8) is 0 Å². The first kappa shape index (κ1) is 15.6. The minimum atomic E-state index is -0.225. The number of hydrogen-bond acceptors (Lipinski definition) is 2. The van der Waals surface area contributed by atoms with Gasteiger partial charge in [0.2, 0.25) is 5.28 Å². The van der Waals surface area contributed by atoms with Gasteiger partial charge in [-0.1, -0.05) is 29.3 Å². The second kappa shape index (κ2) is 5.41. The van der Waals surface area contributed by atoms with Gasteiger partial charge in [-0.15, -0.1) is 0 Å². The van der Waals surface area contributed by atoms with Crippen molar-refractivity contribution < 1.29 is 0 Å². The zero-order chi connectivity index (χ0) is 16.1. The summed E-state index contributed by atoms with van der Waals surface area (Å²) in [5.74, 6) is 0. The number of fused-ring (bicyclic) bond motifs is 1. The molecule has 0 saturated heterocycles. The molecule has 6 heteroatoms. The lowest BCUT2D eigenvalue weighted by Gasteiger charge is -2.26. The molecule has 0 radical (unpaired) electrons. The van der Waals surface area contributed by atoms with Gasteiger partial charge in [-0.2, -0.15) is 4.98 Å². The van der Waals surface area contributed by atoms with Crippen LogP contribution in [-0.4, -0.2) is 14.5 Å². The van der Waals surface area contributed by atoms with Gasteiger partial charge in [0.1, 0.15) is 5.65 Å². The van der Waals surface area contributed by atoms with E-state index in [9.17, 15) is 0 Å². The summed E-state index contributed by atoms with van der Waals surface area (Å²) in [7, 11) is 0. The average Bonchev–Trinajstić information content (AvgIpc) is 2.76. The Morgan fingerprint density at radius 1 is 1.05 bits per heavy atom. The quantitative estimate of drug-likeness (QED) is 0.516. The van der Waals surface area contributed by atoms with Crippen LogP contribution in [0.4, 0.5) is 0 Å². The minimum absolute atomic E-state index is 0.216. The lowest BCUT2D eigenvalue weighted by Crippen LogP contribution is -2.23. The molecule has 0 bridgehead atoms. The van der Waals surface area contributed by atoms with Crippen molar-refractivity contribution in [2.24, 2.45) is 0 Å². The van der Waals surface area contributed by atoms with Crippen LogP contribution in [0.5, 0.6) is 0 Å². The van der Waals surface area contributed by atoms with Gasteiger partial charge in [-0.25, -0.2) is 4.98 Å². The van der Waals surface area contributed by atoms with Crippen molar-refractivity contribution >= 4 is 45.8 Å². The van der Waals surface area contributed by atoms with E-state index in [0.717, 1.165) is 22.3 Å². The summed E-state index contributed by atoms with van der Waals surface area (Å²) >= 11 is 18.7. The van der Waals surface area contributed by atoms with Crippen LogP contribution < -0.4 is 0 Å². The molecule has 0 atom stereocenters. The van der Waals surface area contributed by atoms with E-state index in [1.54, 1.807) is 6.20 Å². The molecule has 114 valence electrons. The number of hydrogen-bond donors (Lipinski definition) is 0. The van der Waals surface area contributed by atoms with Crippen LogP contribution in [-0.2, 0) is 5.54 Å². The summed E-state index contributed by atoms with van der Waals surface area (Å²) in [6.45, 7) is 6.28. The fourth-order valence-electron chi connectivity index (χ4n) is 2.57. The maximum absolute atomic E-state index is 6.39. The Morgan fingerprint density at radius 3 is 2.27 bits per heavy atom. The molecule has 2 aromatic heterocycles. The van der Waals surface area contributed by atoms with E-state index in [1.807, 2.05) is 24.3 Å². The van der Waals surface area contributed by atoms with E-state index in [2.05, 4.69) is 35.3 Å². The highest BCUT2D eigenvalue weighted by Crippen LogP contribution is 2.40. The summed E-state index contributed by atoms with van der Waals surface area (Å²) in [5, 5.41) is 2.30. The number of benzene rings is 1. The maximum atomic E-state index is 6.39. The predicted octanol–water partition coefficient (Wildman–Crippen LogP) is 5.81. The molecule has 0 amide bonds. The van der Waals surface area contributed by atoms with Crippen molar-refractivity contribution in [3.8, 4) is 11.3 Å². The molecule has 2 heterocycles. The third-order valence-electron chi connectivity index (χ3n) is 3.40. The maximum Gasteiger partial charge on any atom is 0.224 e. The van der Waals surface area contributed by atoms with Crippen LogP contribution in [0.3, 0.4) is 0 Å². The number of halogens is 3. The molecule has 0 aliphatic rings. The first-order valence-corrected chi connectivity index (χ1v) is 7.91.